The van der Waals surface area contributed by atoms with E-state index in [-0.39, 0.29) is 16.9 Å². The number of aliphatic hydroxyl groups excluding tert-OH is 2. The minimum Gasteiger partial charge on any atom is -0.504 e. The highest BCUT2D eigenvalue weighted by Crippen LogP contribution is 2.36. The smallest absolute Gasteiger partial charge is 0.335 e. The number of benzene rings is 1. The fourth-order valence-electron chi connectivity index (χ4n) is 1.38. The first-order valence-electron chi connectivity index (χ1n) is 4.82. The largest absolute Gasteiger partial charge is 0.504 e. The highest BCUT2D eigenvalue weighted by molar-refractivity contribution is 5.73. The van der Waals surface area contributed by atoms with E-state index in [9.17, 15) is 20.1 Å². The van der Waals surface area contributed by atoms with Crippen LogP contribution in [0.3, 0.4) is 0 Å². The van der Waals surface area contributed by atoms with Gasteiger partial charge in [0.25, 0.3) is 0 Å². The number of carboxylic acids is 1. The molecule has 0 aliphatic carbocycles. The summed E-state index contributed by atoms with van der Waals surface area (Å²) < 4.78 is 4.78. The van der Waals surface area contributed by atoms with Crippen LogP contribution in [0.15, 0.2) is 12.1 Å². The molecule has 0 aliphatic heterocycles. The maximum atomic E-state index is 10.5. The maximum Gasteiger partial charge on any atom is 0.335 e. The number of carboxylic acid groups (broad SMARTS) is 1. The Balaban J connectivity index is 3.31. The molecule has 2 unspecified atom stereocenters. The van der Waals surface area contributed by atoms with Crippen molar-refractivity contribution >= 4 is 5.97 Å². The molecule has 0 aliphatic rings. The Kier molecular flexibility index (Phi) is 4.09. The van der Waals surface area contributed by atoms with E-state index in [1.807, 2.05) is 0 Å². The molecule has 0 fully saturated rings. The van der Waals surface area contributed by atoms with Crippen LogP contribution in [0.2, 0.25) is 0 Å². The van der Waals surface area contributed by atoms with Gasteiger partial charge in [-0.3, -0.25) is 0 Å². The van der Waals surface area contributed by atoms with Crippen LogP contribution >= 0.6 is 0 Å². The van der Waals surface area contributed by atoms with Crippen molar-refractivity contribution in [1.82, 2.24) is 0 Å². The van der Waals surface area contributed by atoms with E-state index in [1.54, 1.807) is 6.07 Å². The quantitative estimate of drug-likeness (QED) is 0.581. The number of phenolic OH excluding ortho intramolecular Hbond substituents is 1. The molecular formula is C11H11NO6. The molecule has 1 aromatic carbocycles. The second kappa shape index (κ2) is 5.35. The number of carbonyl (C=O) groups is 1. The van der Waals surface area contributed by atoms with Gasteiger partial charge in [0.15, 0.2) is 17.6 Å². The Hall–Kier alpha value is -2.30. The third-order valence-corrected chi connectivity index (χ3v) is 2.32. The van der Waals surface area contributed by atoms with E-state index in [0.717, 1.165) is 6.07 Å². The van der Waals surface area contributed by atoms with Gasteiger partial charge in [0.2, 0.25) is 0 Å². The van der Waals surface area contributed by atoms with Gasteiger partial charge in [-0.1, -0.05) is 0 Å². The van der Waals surface area contributed by atoms with E-state index in [2.05, 4.69) is 0 Å². The third kappa shape index (κ3) is 2.51. The highest BCUT2D eigenvalue weighted by atomic mass is 16.5. The molecule has 0 spiro atoms. The number of aliphatic carboxylic acids is 1. The summed E-state index contributed by atoms with van der Waals surface area (Å²) in [6.07, 6.45) is -3.99. The fourth-order valence-corrected chi connectivity index (χ4v) is 1.38. The Morgan fingerprint density at radius 2 is 2.06 bits per heavy atom. The van der Waals surface area contributed by atoms with Crippen LogP contribution in [0.4, 0.5) is 0 Å². The molecule has 0 saturated carbocycles. The summed E-state index contributed by atoms with van der Waals surface area (Å²) in [5.41, 5.74) is -0.239. The molecule has 96 valence electrons. The van der Waals surface area contributed by atoms with Crippen LogP contribution < -0.4 is 4.74 Å². The molecule has 0 amide bonds. The lowest BCUT2D eigenvalue weighted by Crippen LogP contribution is -2.27. The van der Waals surface area contributed by atoms with Crippen LogP contribution in [0, 0.1) is 11.3 Å². The molecule has 0 radical (unpaired) electrons. The number of methoxy groups -OCH3 is 1. The van der Waals surface area contributed by atoms with E-state index in [0.29, 0.717) is 0 Å². The van der Waals surface area contributed by atoms with Crippen LogP contribution in [-0.4, -0.2) is 39.6 Å². The lowest BCUT2D eigenvalue weighted by atomic mass is 10.0. The van der Waals surface area contributed by atoms with Crippen molar-refractivity contribution < 1.29 is 30.0 Å². The van der Waals surface area contributed by atoms with Crippen LogP contribution in [0.5, 0.6) is 11.5 Å². The lowest BCUT2D eigenvalue weighted by Gasteiger charge is -2.17. The van der Waals surface area contributed by atoms with Crippen molar-refractivity contribution in [2.45, 2.75) is 12.2 Å². The van der Waals surface area contributed by atoms with Gasteiger partial charge in [-0.2, -0.15) is 5.26 Å². The van der Waals surface area contributed by atoms with Crippen molar-refractivity contribution in [3.63, 3.8) is 0 Å². The second-order valence-corrected chi connectivity index (χ2v) is 3.46. The Labute approximate surface area is 102 Å². The van der Waals surface area contributed by atoms with E-state index in [4.69, 9.17) is 15.1 Å². The van der Waals surface area contributed by atoms with Crippen molar-refractivity contribution in [1.29, 1.82) is 5.26 Å². The summed E-state index contributed by atoms with van der Waals surface area (Å²) in [6.45, 7) is 0. The number of hydrogen-bond acceptors (Lipinski definition) is 6. The SMILES string of the molecule is COc1cc(C#N)cc(C(O)C(O)C(=O)O)c1O. The number of nitriles is 1. The van der Waals surface area contributed by atoms with Gasteiger partial charge < -0.3 is 25.2 Å². The molecule has 18 heavy (non-hydrogen) atoms. The number of aliphatic hydroxyl groups is 2. The number of nitrogens with zero attached hydrogens (tertiary/aromatic N) is 1. The monoisotopic (exact) mass is 253 g/mol. The average Bonchev–Trinajstić information content (AvgIpc) is 2.37. The molecule has 7 heteroatoms. The molecule has 7 nitrogen and oxygen atoms in total. The van der Waals surface area contributed by atoms with Crippen molar-refractivity contribution in [2.75, 3.05) is 7.11 Å². The zero-order chi connectivity index (χ0) is 13.9. The molecule has 0 aromatic heterocycles. The van der Waals surface area contributed by atoms with Crippen molar-refractivity contribution in [2.24, 2.45) is 0 Å². The number of aromatic hydroxyl groups is 1. The molecule has 1 aromatic rings. The van der Waals surface area contributed by atoms with E-state index in [1.165, 1.54) is 13.2 Å². The number of hydrogen-bond donors (Lipinski definition) is 4. The van der Waals surface area contributed by atoms with Gasteiger partial charge in [0, 0.05) is 11.6 Å². The molecule has 0 bridgehead atoms. The van der Waals surface area contributed by atoms with E-state index >= 15 is 0 Å². The topological polar surface area (TPSA) is 131 Å². The fraction of sp³-hybridized carbons (Fsp3) is 0.273. The molecule has 4 N–H and O–H groups in total. The number of phenols is 1. The Bertz CT molecular complexity index is 507. The number of ether oxygens (including phenoxy) is 1. The summed E-state index contributed by atoms with van der Waals surface area (Å²) in [5, 5.41) is 45.9. The second-order valence-electron chi connectivity index (χ2n) is 3.46. The first-order chi connectivity index (χ1) is 8.42. The van der Waals surface area contributed by atoms with Crippen molar-refractivity contribution in [3.05, 3.63) is 23.3 Å². The normalized spacial score (nSPS) is 13.4. The first-order valence-corrected chi connectivity index (χ1v) is 4.82. The van der Waals surface area contributed by atoms with Gasteiger partial charge >= 0.3 is 5.97 Å². The van der Waals surface area contributed by atoms with Crippen LogP contribution in [0.25, 0.3) is 0 Å². The van der Waals surface area contributed by atoms with Crippen molar-refractivity contribution in [3.8, 4) is 17.6 Å². The minimum atomic E-state index is -2.12. The summed E-state index contributed by atoms with van der Waals surface area (Å²) >= 11 is 0. The Morgan fingerprint density at radius 1 is 1.44 bits per heavy atom. The van der Waals surface area contributed by atoms with Crippen LogP contribution in [0.1, 0.15) is 17.2 Å². The van der Waals surface area contributed by atoms with Gasteiger partial charge in [-0.25, -0.2) is 4.79 Å². The lowest BCUT2D eigenvalue weighted by molar-refractivity contribution is -0.153. The van der Waals surface area contributed by atoms with Gasteiger partial charge in [-0.15, -0.1) is 0 Å². The zero-order valence-electron chi connectivity index (χ0n) is 9.36. The predicted molar refractivity (Wildman–Crippen MR) is 58.0 cm³/mol. The average molecular weight is 253 g/mol. The van der Waals surface area contributed by atoms with Gasteiger partial charge in [0.05, 0.1) is 18.7 Å². The zero-order valence-corrected chi connectivity index (χ0v) is 9.36. The molecular weight excluding hydrogens is 242 g/mol. The predicted octanol–water partition coefficient (Wildman–Crippen LogP) is -0.249. The molecule has 0 saturated heterocycles. The summed E-state index contributed by atoms with van der Waals surface area (Å²) in [6, 6.07) is 4.06. The molecule has 2 atom stereocenters. The summed E-state index contributed by atoms with van der Waals surface area (Å²) in [5.74, 6) is -2.27. The summed E-state index contributed by atoms with van der Waals surface area (Å²) in [4.78, 5) is 10.5. The van der Waals surface area contributed by atoms with E-state index < -0.39 is 23.9 Å². The third-order valence-electron chi connectivity index (χ3n) is 2.32. The van der Waals surface area contributed by atoms with Gasteiger partial charge in [0.1, 0.15) is 6.10 Å². The first kappa shape index (κ1) is 13.8. The Morgan fingerprint density at radius 3 is 2.50 bits per heavy atom. The summed E-state index contributed by atoms with van der Waals surface area (Å²) in [7, 11) is 1.24. The maximum absolute atomic E-state index is 10.5. The molecule has 1 rings (SSSR count). The standard InChI is InChI=1S/C11H11NO6/c1-18-7-3-5(4-12)2-6(8(7)13)9(14)10(15)11(16)17/h2-3,9-10,13-15H,1H3,(H,16,17). The molecule has 0 heterocycles. The van der Waals surface area contributed by atoms with Gasteiger partial charge in [-0.05, 0) is 6.07 Å². The van der Waals surface area contributed by atoms with Crippen LogP contribution in [-0.2, 0) is 4.79 Å². The minimum absolute atomic E-state index is 0.0521. The number of rotatable bonds is 4. The highest BCUT2D eigenvalue weighted by Gasteiger charge is 2.29.